The standard InChI is InChI=1S/C23H37N3O22P2/c24-12(16(35)14(33)7(29)3-27)13(32)8(30)6-49(40,48-50(41,42)43)44-5-10-20(47-22-18(37)17(36)15(34)9(4-28)46-22)19(38)21(45-10)26-2-1-11(31)25-23(26)39/h1-2,7,9-10,12,14-22,27-29,33-38H,3-6,24H2,(H,25,31,39)(H2,41,42,43)/t7-,9-,10-,12+,14-,15-,16-,17+,18+,19-,20-,21-,22-,49?/m1/s1. The summed E-state index contributed by atoms with van der Waals surface area (Å²) >= 11 is 0. The Morgan fingerprint density at radius 1 is 0.960 bits per heavy atom. The van der Waals surface area contributed by atoms with Crippen LogP contribution in [0, 0.1) is 0 Å². The third-order valence-corrected chi connectivity index (χ3v) is 10.5. The summed E-state index contributed by atoms with van der Waals surface area (Å²) in [6.07, 6.45) is -24.6. The molecule has 0 spiro atoms. The first-order valence-corrected chi connectivity index (χ1v) is 17.5. The highest BCUT2D eigenvalue weighted by Gasteiger charge is 2.52. The maximum absolute atomic E-state index is 13.5. The number of nitrogens with one attached hydrogen (secondary N) is 1. The third kappa shape index (κ3) is 10.0. The molecule has 14 N–H and O–H groups in total. The summed E-state index contributed by atoms with van der Waals surface area (Å²) in [7, 11) is -11.3. The largest absolute Gasteiger partial charge is 0.476 e. The van der Waals surface area contributed by atoms with Crippen LogP contribution in [-0.2, 0) is 41.8 Å². The Balaban J connectivity index is 1.91. The van der Waals surface area contributed by atoms with Crippen molar-refractivity contribution in [2.45, 2.75) is 79.6 Å². The number of aliphatic hydroxyl groups is 9. The van der Waals surface area contributed by atoms with Gasteiger partial charge in [-0.3, -0.25) is 28.5 Å². The van der Waals surface area contributed by atoms with Gasteiger partial charge in [-0.25, -0.2) is 13.7 Å². The Morgan fingerprint density at radius 3 is 2.16 bits per heavy atom. The zero-order valence-corrected chi connectivity index (χ0v) is 27.1. The van der Waals surface area contributed by atoms with E-state index < -0.39 is 144 Å². The number of carbonyl (C=O) groups is 2. The molecule has 2 aliphatic heterocycles. The van der Waals surface area contributed by atoms with E-state index in [9.17, 15) is 78.9 Å². The summed E-state index contributed by atoms with van der Waals surface area (Å²) in [5.41, 5.74) is 3.43. The highest BCUT2D eigenvalue weighted by Crippen LogP contribution is 2.60. The lowest BCUT2D eigenvalue weighted by Gasteiger charge is -2.41. The first-order chi connectivity index (χ1) is 23.1. The molecule has 3 heterocycles. The maximum atomic E-state index is 13.5. The molecule has 286 valence electrons. The second kappa shape index (κ2) is 17.1. The minimum atomic E-state index is -5.83. The quantitative estimate of drug-likeness (QED) is 0.0517. The number of aliphatic hydroxyl groups excluding tert-OH is 9. The van der Waals surface area contributed by atoms with Crippen molar-refractivity contribution >= 4 is 27.0 Å². The lowest BCUT2D eigenvalue weighted by molar-refractivity contribution is -0.318. The molecule has 25 nitrogen and oxygen atoms in total. The molecule has 0 amide bonds. The van der Waals surface area contributed by atoms with E-state index in [0.29, 0.717) is 4.57 Å². The van der Waals surface area contributed by atoms with Crippen LogP contribution in [0.15, 0.2) is 21.9 Å². The second-order valence-electron chi connectivity index (χ2n) is 11.1. The molecule has 1 unspecified atom stereocenters. The molecule has 0 radical (unpaired) electrons. The minimum Gasteiger partial charge on any atom is -0.394 e. The molecule has 0 saturated carbocycles. The number of nitrogens with zero attached hydrogens (tertiary/aromatic N) is 1. The van der Waals surface area contributed by atoms with E-state index in [1.165, 1.54) is 0 Å². The number of ketones is 2. The van der Waals surface area contributed by atoms with E-state index in [1.807, 2.05) is 4.98 Å². The van der Waals surface area contributed by atoms with Gasteiger partial charge in [-0.2, -0.15) is 0 Å². The monoisotopic (exact) mass is 769 g/mol. The lowest BCUT2D eigenvalue weighted by atomic mass is 9.97. The van der Waals surface area contributed by atoms with Crippen molar-refractivity contribution in [2.75, 3.05) is 26.0 Å². The van der Waals surface area contributed by atoms with Crippen LogP contribution in [0.4, 0.5) is 0 Å². The minimum absolute atomic E-state index is 0.623. The molecule has 1 aromatic heterocycles. The molecule has 2 saturated heterocycles. The molecule has 0 aromatic carbocycles. The number of nitrogens with two attached hydrogens (primary N) is 1. The van der Waals surface area contributed by atoms with Crippen molar-refractivity contribution in [2.24, 2.45) is 5.73 Å². The van der Waals surface area contributed by atoms with Gasteiger partial charge in [0.15, 0.2) is 12.5 Å². The van der Waals surface area contributed by atoms with Crippen LogP contribution in [0.25, 0.3) is 0 Å². The van der Waals surface area contributed by atoms with Crippen LogP contribution in [0.5, 0.6) is 0 Å². The van der Waals surface area contributed by atoms with E-state index in [0.717, 1.165) is 12.3 Å². The average molecular weight is 769 g/mol. The number of aromatic nitrogens is 2. The van der Waals surface area contributed by atoms with E-state index in [4.69, 9.17) is 29.6 Å². The Bertz CT molecular complexity index is 1550. The van der Waals surface area contributed by atoms with Gasteiger partial charge >= 0.3 is 21.1 Å². The number of ether oxygens (including phenoxy) is 3. The Morgan fingerprint density at radius 2 is 1.60 bits per heavy atom. The maximum Gasteiger partial charge on any atom is 0.476 e. The Labute approximate surface area is 278 Å². The molecule has 14 atom stereocenters. The fraction of sp³-hybridized carbons (Fsp3) is 0.739. The molecule has 2 aliphatic rings. The van der Waals surface area contributed by atoms with Gasteiger partial charge in [0, 0.05) is 12.3 Å². The van der Waals surface area contributed by atoms with Crippen LogP contribution in [0.1, 0.15) is 6.23 Å². The smallest absolute Gasteiger partial charge is 0.394 e. The van der Waals surface area contributed by atoms with Crippen LogP contribution in [0.2, 0.25) is 0 Å². The van der Waals surface area contributed by atoms with Gasteiger partial charge < -0.3 is 80.2 Å². The molecule has 0 aliphatic carbocycles. The number of phosphoric acid groups is 1. The van der Waals surface area contributed by atoms with Gasteiger partial charge in [0.05, 0.1) is 19.8 Å². The van der Waals surface area contributed by atoms with Gasteiger partial charge in [0.1, 0.15) is 73.2 Å². The molecule has 3 rings (SSSR count). The number of Topliss-reactive ketones (excluding diaryl/α,β-unsaturated/α-hetero) is 2. The molecule has 0 bridgehead atoms. The van der Waals surface area contributed by atoms with Crippen LogP contribution in [-0.4, -0.2) is 176 Å². The zero-order valence-electron chi connectivity index (χ0n) is 25.3. The number of aromatic amines is 1. The zero-order chi connectivity index (χ0) is 37.9. The third-order valence-electron chi connectivity index (χ3n) is 7.45. The Hall–Kier alpha value is -2.20. The van der Waals surface area contributed by atoms with Gasteiger partial charge in [-0.1, -0.05) is 0 Å². The number of hydrogen-bond acceptors (Lipinski definition) is 21. The van der Waals surface area contributed by atoms with Gasteiger partial charge in [-0.15, -0.1) is 0 Å². The van der Waals surface area contributed by atoms with Gasteiger partial charge in [-0.05, 0) is 0 Å². The highest BCUT2D eigenvalue weighted by atomic mass is 31.3. The van der Waals surface area contributed by atoms with Crippen LogP contribution in [0.3, 0.4) is 0 Å². The molecule has 50 heavy (non-hydrogen) atoms. The Kier molecular flexibility index (Phi) is 14.4. The van der Waals surface area contributed by atoms with Crippen molar-refractivity contribution in [3.05, 3.63) is 33.1 Å². The van der Waals surface area contributed by atoms with Crippen molar-refractivity contribution in [3.63, 3.8) is 0 Å². The molecule has 1 aromatic rings. The fourth-order valence-electron chi connectivity index (χ4n) is 4.80. The summed E-state index contributed by atoms with van der Waals surface area (Å²) in [6.45, 7) is -3.26. The molecule has 27 heteroatoms. The summed E-state index contributed by atoms with van der Waals surface area (Å²) in [5.74, 6) is -3.66. The number of hydrogen-bond donors (Lipinski definition) is 13. The molecular weight excluding hydrogens is 732 g/mol. The van der Waals surface area contributed by atoms with Crippen molar-refractivity contribution in [1.82, 2.24) is 9.55 Å². The average Bonchev–Trinajstić information content (AvgIpc) is 3.35. The summed E-state index contributed by atoms with van der Waals surface area (Å²) in [6, 6.07) is -1.51. The topological polar surface area (TPSA) is 418 Å². The van der Waals surface area contributed by atoms with E-state index in [1.54, 1.807) is 0 Å². The number of carbonyl (C=O) groups excluding carboxylic acids is 2. The van der Waals surface area contributed by atoms with Crippen molar-refractivity contribution in [1.29, 1.82) is 0 Å². The second-order valence-corrected chi connectivity index (χ2v) is 14.5. The predicted octanol–water partition coefficient (Wildman–Crippen LogP) is -8.16. The normalized spacial score (nSPS) is 32.5. The number of H-pyrrole nitrogens is 1. The fourth-order valence-corrected chi connectivity index (χ4v) is 7.49. The highest BCUT2D eigenvalue weighted by molar-refractivity contribution is 7.64. The van der Waals surface area contributed by atoms with Crippen molar-refractivity contribution in [3.8, 4) is 0 Å². The molecule has 2 fully saturated rings. The van der Waals surface area contributed by atoms with Gasteiger partial charge in [0.25, 0.3) is 5.56 Å². The van der Waals surface area contributed by atoms with E-state index >= 15 is 0 Å². The van der Waals surface area contributed by atoms with E-state index in [-0.39, 0.29) is 0 Å². The summed E-state index contributed by atoms with van der Waals surface area (Å²) in [4.78, 5) is 69.8. The summed E-state index contributed by atoms with van der Waals surface area (Å²) in [5, 5.41) is 89.4. The number of rotatable bonds is 17. The first-order valence-electron chi connectivity index (χ1n) is 14.2. The molecular formula is C23H37N3O22P2. The van der Waals surface area contributed by atoms with Gasteiger partial charge in [0.2, 0.25) is 11.6 Å². The van der Waals surface area contributed by atoms with Crippen LogP contribution < -0.4 is 17.0 Å². The van der Waals surface area contributed by atoms with Crippen molar-refractivity contribution < 1.29 is 97.5 Å². The van der Waals surface area contributed by atoms with E-state index in [2.05, 4.69) is 4.31 Å². The van der Waals surface area contributed by atoms with Crippen LogP contribution >= 0.6 is 15.4 Å². The first kappa shape index (κ1) is 42.2. The predicted molar refractivity (Wildman–Crippen MR) is 155 cm³/mol. The summed E-state index contributed by atoms with van der Waals surface area (Å²) < 4.78 is 51.3. The SMILES string of the molecule is N[C@@H](C(=O)C(=O)CP(=O)(OC[C@H]1O[C@@H](n2ccc(=O)[nH]c2=O)[C@H](O)[C@@H]1O[C@H]1O[C@H](CO)[C@@H](O)[C@H](O)[C@@H]1O)OP(=O)(O)O)[C@@H](O)[C@H](O)[C@H](O)CO. The lowest BCUT2D eigenvalue weighted by Crippen LogP contribution is -2.60.